The molecule has 0 spiro atoms. The second-order valence-corrected chi connectivity index (χ2v) is 9.59. The molecule has 0 aliphatic rings. The average Bonchev–Trinajstić information content (AvgIpc) is 3.27. The topological polar surface area (TPSA) is 39.8 Å². The van der Waals surface area contributed by atoms with E-state index in [-0.39, 0.29) is 5.56 Å². The van der Waals surface area contributed by atoms with E-state index in [4.69, 9.17) is 23.2 Å². The van der Waals surface area contributed by atoms with Crippen LogP contribution in [0.25, 0.3) is 22.0 Å². The van der Waals surface area contributed by atoms with Crippen molar-refractivity contribution in [3.63, 3.8) is 0 Å². The van der Waals surface area contributed by atoms with Crippen LogP contribution in [-0.2, 0) is 19.5 Å². The van der Waals surface area contributed by atoms with Crippen molar-refractivity contribution in [1.82, 2.24) is 14.1 Å². The van der Waals surface area contributed by atoms with Crippen molar-refractivity contribution < 1.29 is 0 Å². The van der Waals surface area contributed by atoms with Gasteiger partial charge < -0.3 is 9.13 Å². The normalized spacial score (nSPS) is 13.2. The number of halogens is 2. The van der Waals surface area contributed by atoms with Gasteiger partial charge in [-0.15, -0.1) is 0 Å². The van der Waals surface area contributed by atoms with E-state index in [1.165, 1.54) is 0 Å². The van der Waals surface area contributed by atoms with Crippen molar-refractivity contribution in [1.29, 1.82) is 0 Å². The summed E-state index contributed by atoms with van der Waals surface area (Å²) in [6.45, 7) is 2.19. The molecule has 1 atom stereocenters. The Labute approximate surface area is 208 Å². The lowest BCUT2D eigenvalue weighted by Crippen LogP contribution is -2.28. The summed E-state index contributed by atoms with van der Waals surface area (Å²) in [6.07, 6.45) is 3.71. The van der Waals surface area contributed by atoms with Crippen molar-refractivity contribution in [3.05, 3.63) is 123 Å². The van der Waals surface area contributed by atoms with Gasteiger partial charge in [-0.1, -0.05) is 53.5 Å². The number of hydrogen-bond acceptors (Lipinski definition) is 2. The molecule has 2 aromatic heterocycles. The van der Waals surface area contributed by atoms with Crippen LogP contribution in [0.3, 0.4) is 0 Å². The zero-order chi connectivity index (χ0) is 24.0. The number of aryl methyl sites for hydroxylation is 2. The first-order chi connectivity index (χ1) is 16.3. The van der Waals surface area contributed by atoms with Crippen LogP contribution in [-0.4, -0.2) is 14.1 Å². The molecule has 2 heterocycles. The molecule has 5 rings (SSSR count). The number of aromatic nitrogens is 3. The van der Waals surface area contributed by atoms with Gasteiger partial charge in [-0.05, 0) is 65.6 Å². The highest BCUT2D eigenvalue weighted by Crippen LogP contribution is 2.41. The zero-order valence-electron chi connectivity index (χ0n) is 19.1. The highest BCUT2D eigenvalue weighted by molar-refractivity contribution is 6.31. The Bertz CT molecular complexity index is 1580. The number of benzene rings is 3. The van der Waals surface area contributed by atoms with Gasteiger partial charge in [-0.25, -0.2) is 4.98 Å². The zero-order valence-corrected chi connectivity index (χ0v) is 20.6. The van der Waals surface area contributed by atoms with Gasteiger partial charge in [0.15, 0.2) is 0 Å². The van der Waals surface area contributed by atoms with Gasteiger partial charge in [0.2, 0.25) is 0 Å². The summed E-state index contributed by atoms with van der Waals surface area (Å²) in [5.74, 6) is 0. The molecule has 0 fully saturated rings. The van der Waals surface area contributed by atoms with Crippen LogP contribution < -0.4 is 5.56 Å². The van der Waals surface area contributed by atoms with E-state index in [0.29, 0.717) is 10.0 Å². The molecule has 0 aliphatic carbocycles. The molecular weight excluding hydrogens is 465 g/mol. The van der Waals surface area contributed by atoms with Crippen LogP contribution in [0.2, 0.25) is 10.0 Å². The molecule has 0 aliphatic heterocycles. The van der Waals surface area contributed by atoms with Crippen molar-refractivity contribution in [2.75, 3.05) is 0 Å². The number of fused-ring (bicyclic) bond motifs is 1. The molecule has 0 saturated heterocycles. The van der Waals surface area contributed by atoms with Crippen LogP contribution in [0, 0.1) is 0 Å². The van der Waals surface area contributed by atoms with Gasteiger partial charge in [-0.2, -0.15) is 0 Å². The Morgan fingerprint density at radius 3 is 2.26 bits per heavy atom. The second kappa shape index (κ2) is 8.46. The predicted molar refractivity (Wildman–Crippen MR) is 140 cm³/mol. The van der Waals surface area contributed by atoms with E-state index in [2.05, 4.69) is 36.2 Å². The van der Waals surface area contributed by atoms with Crippen LogP contribution in [0.4, 0.5) is 0 Å². The van der Waals surface area contributed by atoms with E-state index < -0.39 is 5.41 Å². The van der Waals surface area contributed by atoms with E-state index in [1.807, 2.05) is 66.6 Å². The Kier molecular flexibility index (Phi) is 5.59. The summed E-state index contributed by atoms with van der Waals surface area (Å²) >= 11 is 12.5. The lowest BCUT2D eigenvalue weighted by Gasteiger charge is -2.32. The van der Waals surface area contributed by atoms with Crippen LogP contribution in [0.5, 0.6) is 0 Å². The van der Waals surface area contributed by atoms with E-state index >= 15 is 0 Å². The third-order valence-electron chi connectivity index (χ3n) is 6.71. The maximum atomic E-state index is 12.8. The largest absolute Gasteiger partial charge is 0.337 e. The Balaban J connectivity index is 1.84. The molecule has 0 unspecified atom stereocenters. The molecule has 0 radical (unpaired) electrons. The molecule has 5 aromatic rings. The third kappa shape index (κ3) is 3.64. The Hall–Kier alpha value is -3.34. The SMILES string of the molecule is Cn1cncc1[C@@](C)(c1ccc(Cl)cc1)c1ccc2c(c1)c(-c1cccc(Cl)c1)cc(=O)n2C. The number of rotatable bonds is 4. The Morgan fingerprint density at radius 1 is 0.853 bits per heavy atom. The fraction of sp³-hybridized carbons (Fsp3) is 0.143. The van der Waals surface area contributed by atoms with Crippen molar-refractivity contribution in [2.24, 2.45) is 14.1 Å². The van der Waals surface area contributed by atoms with E-state index in [1.54, 1.807) is 17.7 Å². The number of pyridine rings is 1. The third-order valence-corrected chi connectivity index (χ3v) is 7.20. The van der Waals surface area contributed by atoms with Crippen molar-refractivity contribution in [3.8, 4) is 11.1 Å². The van der Waals surface area contributed by atoms with Crippen molar-refractivity contribution >= 4 is 34.1 Å². The molecule has 170 valence electrons. The quantitative estimate of drug-likeness (QED) is 0.286. The predicted octanol–water partition coefficient (Wildman–Crippen LogP) is 6.60. The van der Waals surface area contributed by atoms with Gasteiger partial charge in [-0.3, -0.25) is 4.79 Å². The molecule has 0 amide bonds. The molecular formula is C28H23Cl2N3O. The molecule has 0 N–H and O–H groups in total. The molecule has 0 saturated carbocycles. The minimum atomic E-state index is -0.510. The summed E-state index contributed by atoms with van der Waals surface area (Å²) in [5, 5.41) is 2.29. The highest BCUT2D eigenvalue weighted by atomic mass is 35.5. The first kappa shape index (κ1) is 22.5. The van der Waals surface area contributed by atoms with Crippen LogP contribution in [0.1, 0.15) is 23.7 Å². The van der Waals surface area contributed by atoms with Crippen LogP contribution in [0.15, 0.2) is 90.1 Å². The van der Waals surface area contributed by atoms with E-state index in [0.717, 1.165) is 38.9 Å². The molecule has 6 heteroatoms. The summed E-state index contributed by atoms with van der Waals surface area (Å²) in [6, 6.07) is 23.5. The molecule has 3 aromatic carbocycles. The van der Waals surface area contributed by atoms with Gasteiger partial charge in [0, 0.05) is 41.8 Å². The minimum absolute atomic E-state index is 0.0673. The minimum Gasteiger partial charge on any atom is -0.337 e. The number of nitrogens with zero attached hydrogens (tertiary/aromatic N) is 3. The standard InChI is InChI=1S/C28H23Cl2N3O/c1-28(26-16-31-17-32(26)2,19-7-10-21(29)11-8-19)20-9-12-25-24(14-20)23(15-27(34)33(25)3)18-5-4-6-22(30)13-18/h4-17H,1-3H3/t28-/m0/s1. The van der Waals surface area contributed by atoms with Gasteiger partial charge in [0.1, 0.15) is 0 Å². The van der Waals surface area contributed by atoms with Gasteiger partial charge in [0.25, 0.3) is 5.56 Å². The van der Waals surface area contributed by atoms with E-state index in [9.17, 15) is 4.79 Å². The fourth-order valence-electron chi connectivity index (χ4n) is 4.75. The highest BCUT2D eigenvalue weighted by Gasteiger charge is 2.34. The fourth-order valence-corrected chi connectivity index (χ4v) is 5.07. The summed E-state index contributed by atoms with van der Waals surface area (Å²) in [5.41, 5.74) is 5.25. The summed E-state index contributed by atoms with van der Waals surface area (Å²) < 4.78 is 3.72. The van der Waals surface area contributed by atoms with Gasteiger partial charge >= 0.3 is 0 Å². The van der Waals surface area contributed by atoms with Crippen molar-refractivity contribution in [2.45, 2.75) is 12.3 Å². The first-order valence-corrected chi connectivity index (χ1v) is 11.7. The first-order valence-electron chi connectivity index (χ1n) is 10.9. The van der Waals surface area contributed by atoms with Crippen LogP contribution >= 0.6 is 23.2 Å². The molecule has 34 heavy (non-hydrogen) atoms. The molecule has 0 bridgehead atoms. The summed E-state index contributed by atoms with van der Waals surface area (Å²) in [7, 11) is 3.80. The maximum absolute atomic E-state index is 12.8. The number of imidazole rings is 1. The molecule has 4 nitrogen and oxygen atoms in total. The lowest BCUT2D eigenvalue weighted by molar-refractivity contribution is 0.626. The lowest BCUT2D eigenvalue weighted by atomic mass is 9.73. The second-order valence-electron chi connectivity index (χ2n) is 8.72. The van der Waals surface area contributed by atoms with Gasteiger partial charge in [0.05, 0.1) is 23.0 Å². The monoisotopic (exact) mass is 487 g/mol. The smallest absolute Gasteiger partial charge is 0.251 e. The average molecular weight is 488 g/mol. The number of hydrogen-bond donors (Lipinski definition) is 0. The Morgan fingerprint density at radius 2 is 1.59 bits per heavy atom. The summed E-state index contributed by atoms with van der Waals surface area (Å²) in [4.78, 5) is 17.2. The maximum Gasteiger partial charge on any atom is 0.251 e.